The van der Waals surface area contributed by atoms with Crippen LogP contribution in [-0.4, -0.2) is 51.6 Å². The molecule has 1 saturated heterocycles. The topological polar surface area (TPSA) is 130 Å². The zero-order chi connectivity index (χ0) is 34.7. The van der Waals surface area contributed by atoms with Crippen LogP contribution in [0.2, 0.25) is 0 Å². The molecule has 1 heterocycles. The number of nitrogens with zero attached hydrogens (tertiary/aromatic N) is 1. The van der Waals surface area contributed by atoms with Gasteiger partial charge in [0.15, 0.2) is 0 Å². The second-order valence-electron chi connectivity index (χ2n) is 13.0. The van der Waals surface area contributed by atoms with Crippen LogP contribution in [0, 0.1) is 31.6 Å². The molecule has 2 amide bonds. The van der Waals surface area contributed by atoms with E-state index >= 15 is 0 Å². The molecule has 2 aliphatic rings. The summed E-state index contributed by atoms with van der Waals surface area (Å²) in [5, 5.41) is 46.4. The Morgan fingerprint density at radius 1 is 0.878 bits per heavy atom. The Hall–Kier alpha value is -5.02. The molecule has 252 valence electrons. The van der Waals surface area contributed by atoms with Gasteiger partial charge in [-0.1, -0.05) is 54.6 Å². The minimum absolute atomic E-state index is 0.131. The zero-order valence-electron chi connectivity index (χ0n) is 27.7. The van der Waals surface area contributed by atoms with Gasteiger partial charge in [-0.15, -0.1) is 0 Å². The number of aromatic hydroxyl groups is 1. The lowest BCUT2D eigenvalue weighted by Gasteiger charge is -2.36. The van der Waals surface area contributed by atoms with Crippen LogP contribution in [0.4, 0.5) is 17.1 Å². The van der Waals surface area contributed by atoms with E-state index in [-0.39, 0.29) is 31.1 Å². The monoisotopic (exact) mass is 658 g/mol. The number of aryl methyl sites for hydroxylation is 2. The molecule has 4 aromatic carbocycles. The summed E-state index contributed by atoms with van der Waals surface area (Å²) < 4.78 is 0. The summed E-state index contributed by atoms with van der Waals surface area (Å²) in [7, 11) is 0. The number of nitrogens with one attached hydrogen (secondary N) is 1. The van der Waals surface area contributed by atoms with E-state index < -0.39 is 36.4 Å². The third kappa shape index (κ3) is 6.94. The lowest BCUT2D eigenvalue weighted by atomic mass is 9.68. The fourth-order valence-electron chi connectivity index (χ4n) is 7.42. The Labute approximate surface area is 286 Å². The Bertz CT molecular complexity index is 1860. The fraction of sp³-hybridized carbons (Fsp3) is 0.268. The Morgan fingerprint density at radius 2 is 1.49 bits per heavy atom. The number of carbonyl (C=O) groups is 2. The van der Waals surface area contributed by atoms with Gasteiger partial charge in [0.2, 0.25) is 11.8 Å². The van der Waals surface area contributed by atoms with Crippen molar-refractivity contribution in [2.75, 3.05) is 23.4 Å². The van der Waals surface area contributed by atoms with Crippen molar-refractivity contribution in [2.45, 2.75) is 39.2 Å². The molecule has 4 aromatic rings. The predicted octanol–water partition coefficient (Wildman–Crippen LogP) is 6.54. The van der Waals surface area contributed by atoms with E-state index in [0.717, 1.165) is 39.2 Å². The molecular formula is C41H42N2O6. The summed E-state index contributed by atoms with van der Waals surface area (Å²) >= 11 is 0. The number of aliphatic hydroxyl groups excluding tert-OH is 3. The van der Waals surface area contributed by atoms with E-state index in [0.29, 0.717) is 23.3 Å². The number of allylic oxidation sites excluding steroid dienone is 1. The second kappa shape index (κ2) is 14.6. The number of aliphatic hydroxyl groups is 3. The molecule has 1 aliphatic carbocycles. The number of hydrogen-bond acceptors (Lipinski definition) is 7. The number of fused-ring (bicyclic) bond motifs is 1. The third-order valence-corrected chi connectivity index (χ3v) is 9.80. The highest BCUT2D eigenvalue weighted by Gasteiger charge is 2.55. The predicted molar refractivity (Wildman–Crippen MR) is 192 cm³/mol. The third-order valence-electron chi connectivity index (χ3n) is 9.80. The minimum Gasteiger partial charge on any atom is -0.507 e. The summed E-state index contributed by atoms with van der Waals surface area (Å²) in [6.45, 7) is 2.88. The lowest BCUT2D eigenvalue weighted by Crippen LogP contribution is -2.39. The number of imide groups is 1. The molecule has 0 bridgehead atoms. The van der Waals surface area contributed by atoms with Gasteiger partial charge in [0.1, 0.15) is 5.75 Å². The van der Waals surface area contributed by atoms with Gasteiger partial charge < -0.3 is 25.7 Å². The van der Waals surface area contributed by atoms with Crippen molar-refractivity contribution in [3.05, 3.63) is 130 Å². The second-order valence-corrected chi connectivity index (χ2v) is 13.0. The van der Waals surface area contributed by atoms with Crippen LogP contribution in [0.25, 0.3) is 11.6 Å². The summed E-state index contributed by atoms with van der Waals surface area (Å²) in [5.41, 5.74) is 7.48. The summed E-state index contributed by atoms with van der Waals surface area (Å²) in [5.74, 6) is -2.94. The summed E-state index contributed by atoms with van der Waals surface area (Å²) in [6.07, 6.45) is 1.84. The SMILES string of the molecule is Cc1cc(/C=C(/CC[C@@H](O)C2=C(CO)C[C@H]3C(=O)N(c4ccc(Nc5ccccc5)cc4)C(=O)[C@H]3[C@H]2CO)c2ccccc2)cc(C)c1O. The molecule has 1 aliphatic heterocycles. The van der Waals surface area contributed by atoms with Gasteiger partial charge in [-0.25, -0.2) is 0 Å². The van der Waals surface area contributed by atoms with Crippen LogP contribution in [0.1, 0.15) is 41.5 Å². The highest BCUT2D eigenvalue weighted by atomic mass is 16.3. The first kappa shape index (κ1) is 33.9. The number of hydrogen-bond donors (Lipinski definition) is 5. The van der Waals surface area contributed by atoms with Crippen molar-refractivity contribution >= 4 is 40.5 Å². The fourth-order valence-corrected chi connectivity index (χ4v) is 7.42. The first-order valence-corrected chi connectivity index (χ1v) is 16.7. The van der Waals surface area contributed by atoms with Gasteiger partial charge in [-0.05, 0) is 121 Å². The highest BCUT2D eigenvalue weighted by molar-refractivity contribution is 6.22. The molecule has 0 unspecified atom stereocenters. The van der Waals surface area contributed by atoms with Crippen LogP contribution in [0.15, 0.2) is 108 Å². The minimum atomic E-state index is -1.06. The first-order chi connectivity index (χ1) is 23.7. The maximum atomic E-state index is 14.0. The number of para-hydroxylation sites is 1. The van der Waals surface area contributed by atoms with Gasteiger partial charge in [-0.2, -0.15) is 0 Å². The van der Waals surface area contributed by atoms with Crippen LogP contribution in [0.5, 0.6) is 5.75 Å². The van der Waals surface area contributed by atoms with Crippen LogP contribution in [0.3, 0.4) is 0 Å². The average Bonchev–Trinajstić information content (AvgIpc) is 3.37. The average molecular weight is 659 g/mol. The van der Waals surface area contributed by atoms with E-state index in [4.69, 9.17) is 0 Å². The molecule has 1 fully saturated rings. The number of anilines is 3. The van der Waals surface area contributed by atoms with Crippen molar-refractivity contribution in [3.8, 4) is 5.75 Å². The van der Waals surface area contributed by atoms with Gasteiger partial charge >= 0.3 is 0 Å². The molecule has 4 atom stereocenters. The van der Waals surface area contributed by atoms with Crippen LogP contribution >= 0.6 is 0 Å². The Morgan fingerprint density at radius 3 is 2.10 bits per heavy atom. The Balaban J connectivity index is 1.24. The number of rotatable bonds is 11. The number of amides is 2. The standard InChI is InChI=1S/C41H42N2O6/c1-25-19-27(20-26(2)39(25)47)21-29(28-9-5-3-6-10-28)13-18-36(46)37-30(23-44)22-34-38(35(37)24-45)41(49)43(40(34)48)33-16-14-32(15-17-33)42-31-11-7-4-8-12-31/h3-12,14-17,19-21,34-36,38,42,44-47H,13,18,22-24H2,1-2H3/b29-21-/t34-,35+,36-,38-/m1/s1. The molecule has 8 heteroatoms. The van der Waals surface area contributed by atoms with E-state index in [2.05, 4.69) is 5.32 Å². The van der Waals surface area contributed by atoms with Crippen molar-refractivity contribution in [2.24, 2.45) is 17.8 Å². The van der Waals surface area contributed by atoms with Crippen molar-refractivity contribution in [1.29, 1.82) is 0 Å². The quantitative estimate of drug-likeness (QED) is 0.0703. The highest BCUT2D eigenvalue weighted by Crippen LogP contribution is 2.47. The van der Waals surface area contributed by atoms with Crippen LogP contribution in [-0.2, 0) is 9.59 Å². The largest absolute Gasteiger partial charge is 0.507 e. The zero-order valence-corrected chi connectivity index (χ0v) is 27.7. The van der Waals surface area contributed by atoms with Crippen LogP contribution < -0.4 is 10.2 Å². The van der Waals surface area contributed by atoms with E-state index in [1.807, 2.05) is 92.7 Å². The molecule has 6 rings (SSSR count). The molecule has 0 aromatic heterocycles. The maximum Gasteiger partial charge on any atom is 0.238 e. The van der Waals surface area contributed by atoms with Gasteiger partial charge in [0.25, 0.3) is 0 Å². The normalized spacial score (nSPS) is 20.1. The molecule has 0 saturated carbocycles. The smallest absolute Gasteiger partial charge is 0.238 e. The summed E-state index contributed by atoms with van der Waals surface area (Å²) in [4.78, 5) is 28.9. The number of benzene rings is 4. The molecule has 5 N–H and O–H groups in total. The van der Waals surface area contributed by atoms with Crippen molar-refractivity contribution in [1.82, 2.24) is 0 Å². The molecule has 49 heavy (non-hydrogen) atoms. The first-order valence-electron chi connectivity index (χ1n) is 16.7. The maximum absolute atomic E-state index is 14.0. The van der Waals surface area contributed by atoms with Gasteiger partial charge in [0.05, 0.1) is 36.8 Å². The lowest BCUT2D eigenvalue weighted by molar-refractivity contribution is -0.123. The molecule has 0 radical (unpaired) electrons. The number of carbonyl (C=O) groups excluding carboxylic acids is 2. The molecule has 0 spiro atoms. The van der Waals surface area contributed by atoms with Crippen molar-refractivity contribution < 1.29 is 30.0 Å². The van der Waals surface area contributed by atoms with Gasteiger partial charge in [0, 0.05) is 17.3 Å². The van der Waals surface area contributed by atoms with E-state index in [1.54, 1.807) is 24.3 Å². The molecule has 8 nitrogen and oxygen atoms in total. The number of phenolic OH excluding ortho intramolecular Hbond substituents is 1. The molecular weight excluding hydrogens is 616 g/mol. The summed E-state index contributed by atoms with van der Waals surface area (Å²) in [6, 6.07) is 30.4. The van der Waals surface area contributed by atoms with Crippen molar-refractivity contribution in [3.63, 3.8) is 0 Å². The van der Waals surface area contributed by atoms with E-state index in [1.165, 1.54) is 4.90 Å². The van der Waals surface area contributed by atoms with E-state index in [9.17, 15) is 30.0 Å². The number of phenols is 1. The Kier molecular flexibility index (Phi) is 10.1. The van der Waals surface area contributed by atoms with Gasteiger partial charge in [-0.3, -0.25) is 14.5 Å².